The van der Waals surface area contributed by atoms with Gasteiger partial charge >= 0.3 is 0 Å². The number of carbonyl (C=O) groups excluding carboxylic acids is 1. The van der Waals surface area contributed by atoms with Gasteiger partial charge in [0.25, 0.3) is 5.91 Å². The number of likely N-dealkylation sites (N-methyl/N-ethyl adjacent to an activating group) is 1. The van der Waals surface area contributed by atoms with Crippen molar-refractivity contribution in [1.82, 2.24) is 14.7 Å². The van der Waals surface area contributed by atoms with Gasteiger partial charge < -0.3 is 14.7 Å². The van der Waals surface area contributed by atoms with Crippen LogP contribution < -0.4 is 0 Å². The van der Waals surface area contributed by atoms with Gasteiger partial charge in [-0.2, -0.15) is 5.26 Å². The summed E-state index contributed by atoms with van der Waals surface area (Å²) in [6, 6.07) is 2.09. The average molecular weight is 276 g/mol. The first-order chi connectivity index (χ1) is 9.60. The molecule has 0 aromatic carbocycles. The van der Waals surface area contributed by atoms with E-state index in [1.807, 2.05) is 0 Å². The largest absolute Gasteiger partial charge is 0.376 e. The van der Waals surface area contributed by atoms with Crippen molar-refractivity contribution in [2.24, 2.45) is 5.92 Å². The highest BCUT2D eigenvalue weighted by molar-refractivity contribution is 5.97. The Bertz CT molecular complexity index is 418. The van der Waals surface area contributed by atoms with Crippen molar-refractivity contribution in [3.63, 3.8) is 0 Å². The monoisotopic (exact) mass is 276 g/mol. The Hall–Kier alpha value is -1.54. The van der Waals surface area contributed by atoms with Crippen LogP contribution in [0, 0.1) is 17.2 Å². The number of likely N-dealkylation sites (tertiary alicyclic amines) is 1. The first kappa shape index (κ1) is 14.9. The Morgan fingerprint density at radius 2 is 1.95 bits per heavy atom. The molecule has 0 radical (unpaired) electrons. The van der Waals surface area contributed by atoms with Gasteiger partial charge in [-0.3, -0.25) is 4.79 Å². The van der Waals surface area contributed by atoms with Crippen molar-refractivity contribution in [1.29, 1.82) is 5.26 Å². The topological polar surface area (TPSA) is 50.6 Å². The number of nitrogens with zero attached hydrogens (tertiary/aromatic N) is 4. The minimum Gasteiger partial charge on any atom is -0.376 e. The van der Waals surface area contributed by atoms with Gasteiger partial charge in [0, 0.05) is 45.5 Å². The second kappa shape index (κ2) is 6.76. The number of hydrogen-bond donors (Lipinski definition) is 0. The second-order valence-electron chi connectivity index (χ2n) is 5.99. The van der Waals surface area contributed by atoms with E-state index in [4.69, 9.17) is 0 Å². The zero-order chi connectivity index (χ0) is 14.5. The molecule has 110 valence electrons. The smallest absolute Gasteiger partial charge is 0.266 e. The van der Waals surface area contributed by atoms with E-state index < -0.39 is 0 Å². The summed E-state index contributed by atoms with van der Waals surface area (Å²) < 4.78 is 0. The Morgan fingerprint density at radius 1 is 1.25 bits per heavy atom. The molecule has 2 saturated heterocycles. The highest BCUT2D eigenvalue weighted by atomic mass is 16.2. The van der Waals surface area contributed by atoms with Gasteiger partial charge in [0.1, 0.15) is 11.6 Å². The maximum atomic E-state index is 12.4. The van der Waals surface area contributed by atoms with E-state index in [0.717, 1.165) is 32.6 Å². The molecule has 2 aliphatic rings. The van der Waals surface area contributed by atoms with Crippen LogP contribution in [0.15, 0.2) is 11.8 Å². The van der Waals surface area contributed by atoms with Crippen LogP contribution in [0.25, 0.3) is 0 Å². The molecule has 1 amide bonds. The minimum atomic E-state index is -0.112. The van der Waals surface area contributed by atoms with Crippen molar-refractivity contribution >= 4 is 5.91 Å². The number of piperidine rings is 1. The SMILES string of the molecule is CC1CCCN(/C=C(/C#N)C(=O)N2CCN(C)CC2)C1. The first-order valence-electron chi connectivity index (χ1n) is 7.44. The molecular weight excluding hydrogens is 252 g/mol. The highest BCUT2D eigenvalue weighted by Crippen LogP contribution is 2.17. The quantitative estimate of drug-likeness (QED) is 0.555. The van der Waals surface area contributed by atoms with Crippen LogP contribution in [0.5, 0.6) is 0 Å². The lowest BCUT2D eigenvalue weighted by Crippen LogP contribution is -2.47. The van der Waals surface area contributed by atoms with Crippen LogP contribution in [-0.2, 0) is 4.79 Å². The summed E-state index contributed by atoms with van der Waals surface area (Å²) in [4.78, 5) is 18.5. The van der Waals surface area contributed by atoms with E-state index in [1.54, 1.807) is 11.1 Å². The van der Waals surface area contributed by atoms with Crippen molar-refractivity contribution in [3.05, 3.63) is 11.8 Å². The van der Waals surface area contributed by atoms with Gasteiger partial charge in [0.05, 0.1) is 0 Å². The third kappa shape index (κ3) is 3.73. The van der Waals surface area contributed by atoms with E-state index in [-0.39, 0.29) is 11.5 Å². The molecule has 2 fully saturated rings. The molecule has 0 aliphatic carbocycles. The maximum absolute atomic E-state index is 12.4. The normalized spacial score (nSPS) is 25.4. The number of nitriles is 1. The molecule has 2 heterocycles. The number of rotatable bonds is 2. The average Bonchev–Trinajstić information content (AvgIpc) is 2.45. The van der Waals surface area contributed by atoms with E-state index in [1.165, 1.54) is 6.42 Å². The Balaban J connectivity index is 2.00. The van der Waals surface area contributed by atoms with Crippen LogP contribution in [0.3, 0.4) is 0 Å². The number of amides is 1. The van der Waals surface area contributed by atoms with Gasteiger partial charge in [0.2, 0.25) is 0 Å². The lowest BCUT2D eigenvalue weighted by atomic mass is 10.0. The molecule has 0 bridgehead atoms. The van der Waals surface area contributed by atoms with Crippen LogP contribution >= 0.6 is 0 Å². The molecule has 2 aliphatic heterocycles. The highest BCUT2D eigenvalue weighted by Gasteiger charge is 2.23. The van der Waals surface area contributed by atoms with Gasteiger partial charge in [-0.15, -0.1) is 0 Å². The molecule has 5 nitrogen and oxygen atoms in total. The van der Waals surface area contributed by atoms with Gasteiger partial charge in [-0.05, 0) is 25.8 Å². The standard InChI is InChI=1S/C15H24N4O/c1-13-4-3-5-18(11-13)12-14(10-16)15(20)19-8-6-17(2)7-9-19/h12-13H,3-9,11H2,1-2H3/b14-12-. The summed E-state index contributed by atoms with van der Waals surface area (Å²) in [5, 5.41) is 9.27. The third-order valence-electron chi connectivity index (χ3n) is 4.14. The minimum absolute atomic E-state index is 0.112. The van der Waals surface area contributed by atoms with Crippen LogP contribution in [0.2, 0.25) is 0 Å². The van der Waals surface area contributed by atoms with E-state index in [0.29, 0.717) is 19.0 Å². The fraction of sp³-hybridized carbons (Fsp3) is 0.733. The van der Waals surface area contributed by atoms with Crippen molar-refractivity contribution in [2.45, 2.75) is 19.8 Å². The van der Waals surface area contributed by atoms with E-state index in [2.05, 4.69) is 29.8 Å². The van der Waals surface area contributed by atoms with Crippen molar-refractivity contribution in [2.75, 3.05) is 46.3 Å². The van der Waals surface area contributed by atoms with E-state index >= 15 is 0 Å². The summed E-state index contributed by atoms with van der Waals surface area (Å²) in [7, 11) is 2.05. The van der Waals surface area contributed by atoms with Gasteiger partial charge in [-0.1, -0.05) is 6.92 Å². The number of piperazine rings is 1. The number of hydrogen-bond acceptors (Lipinski definition) is 4. The lowest BCUT2D eigenvalue weighted by Gasteiger charge is -2.33. The molecule has 0 aromatic heterocycles. The Labute approximate surface area is 121 Å². The fourth-order valence-electron chi connectivity index (χ4n) is 2.84. The fourth-order valence-corrected chi connectivity index (χ4v) is 2.84. The molecule has 20 heavy (non-hydrogen) atoms. The predicted octanol–water partition coefficient (Wildman–Crippen LogP) is 0.900. The molecule has 0 aromatic rings. The summed E-state index contributed by atoms with van der Waals surface area (Å²) in [5.74, 6) is 0.525. The van der Waals surface area contributed by atoms with Crippen molar-refractivity contribution in [3.8, 4) is 6.07 Å². The Kier molecular flexibility index (Phi) is 5.02. The Morgan fingerprint density at radius 3 is 2.55 bits per heavy atom. The van der Waals surface area contributed by atoms with Crippen LogP contribution in [0.1, 0.15) is 19.8 Å². The summed E-state index contributed by atoms with van der Waals surface area (Å²) in [6.07, 6.45) is 4.15. The number of carbonyl (C=O) groups is 1. The van der Waals surface area contributed by atoms with Gasteiger partial charge in [0.15, 0.2) is 0 Å². The molecule has 0 saturated carbocycles. The van der Waals surface area contributed by atoms with Crippen LogP contribution in [0.4, 0.5) is 0 Å². The van der Waals surface area contributed by atoms with Crippen LogP contribution in [-0.4, -0.2) is 66.9 Å². The molecule has 0 spiro atoms. The summed E-state index contributed by atoms with van der Waals surface area (Å²) in [6.45, 7) is 7.30. The zero-order valence-corrected chi connectivity index (χ0v) is 12.5. The first-order valence-corrected chi connectivity index (χ1v) is 7.44. The summed E-state index contributed by atoms with van der Waals surface area (Å²) >= 11 is 0. The maximum Gasteiger partial charge on any atom is 0.266 e. The zero-order valence-electron chi connectivity index (χ0n) is 12.5. The molecule has 1 unspecified atom stereocenters. The molecular formula is C15H24N4O. The molecule has 2 rings (SSSR count). The van der Waals surface area contributed by atoms with E-state index in [9.17, 15) is 10.1 Å². The molecule has 0 N–H and O–H groups in total. The molecule has 5 heteroatoms. The van der Waals surface area contributed by atoms with Crippen molar-refractivity contribution < 1.29 is 4.79 Å². The lowest BCUT2D eigenvalue weighted by molar-refractivity contribution is -0.128. The molecule has 1 atom stereocenters. The predicted molar refractivity (Wildman–Crippen MR) is 77.7 cm³/mol. The van der Waals surface area contributed by atoms with Gasteiger partial charge in [-0.25, -0.2) is 0 Å². The summed E-state index contributed by atoms with van der Waals surface area (Å²) in [5.41, 5.74) is 0.281. The third-order valence-corrected chi connectivity index (χ3v) is 4.14. The second-order valence-corrected chi connectivity index (χ2v) is 5.99.